The molecule has 1 atom stereocenters. The highest BCUT2D eigenvalue weighted by molar-refractivity contribution is 7.91. The average Bonchev–Trinajstić information content (AvgIpc) is 2.92. The first kappa shape index (κ1) is 13.1. The Kier molecular flexibility index (Phi) is 3.36. The zero-order valence-electron chi connectivity index (χ0n) is 9.97. The van der Waals surface area contributed by atoms with E-state index in [9.17, 15) is 8.42 Å². The number of thiophene rings is 1. The summed E-state index contributed by atoms with van der Waals surface area (Å²) in [6, 6.07) is 1.93. The summed E-state index contributed by atoms with van der Waals surface area (Å²) >= 11 is 7.37. The van der Waals surface area contributed by atoms with Gasteiger partial charge in [-0.15, -0.1) is 11.3 Å². The molecule has 1 fully saturated rings. The third-order valence-electron chi connectivity index (χ3n) is 3.18. The Hall–Kier alpha value is -0.920. The van der Waals surface area contributed by atoms with E-state index in [4.69, 9.17) is 11.6 Å². The van der Waals surface area contributed by atoms with Crippen molar-refractivity contribution in [2.75, 3.05) is 23.4 Å². The lowest BCUT2D eigenvalue weighted by Crippen LogP contribution is -2.16. The Bertz CT molecular complexity index is 714. The van der Waals surface area contributed by atoms with Crippen molar-refractivity contribution in [3.05, 3.63) is 16.7 Å². The maximum Gasteiger partial charge on any atom is 0.225 e. The van der Waals surface area contributed by atoms with Crippen molar-refractivity contribution in [2.45, 2.75) is 6.42 Å². The Morgan fingerprint density at radius 3 is 3.05 bits per heavy atom. The van der Waals surface area contributed by atoms with Crippen LogP contribution in [-0.4, -0.2) is 36.4 Å². The van der Waals surface area contributed by atoms with Crippen LogP contribution in [0.1, 0.15) is 6.42 Å². The minimum atomic E-state index is -2.84. The first-order chi connectivity index (χ1) is 9.03. The van der Waals surface area contributed by atoms with Crippen LogP contribution in [0.4, 0.5) is 5.82 Å². The highest BCUT2D eigenvalue weighted by atomic mass is 35.5. The summed E-state index contributed by atoms with van der Waals surface area (Å²) in [5.41, 5.74) is 0. The van der Waals surface area contributed by atoms with Crippen LogP contribution in [-0.2, 0) is 9.84 Å². The van der Waals surface area contributed by atoms with E-state index in [-0.39, 0.29) is 22.7 Å². The first-order valence-corrected chi connectivity index (χ1v) is 8.96. The second-order valence-electron chi connectivity index (χ2n) is 4.63. The zero-order valence-corrected chi connectivity index (χ0v) is 12.4. The van der Waals surface area contributed by atoms with Gasteiger partial charge in [0.1, 0.15) is 10.6 Å². The van der Waals surface area contributed by atoms with Crippen molar-refractivity contribution < 1.29 is 8.42 Å². The fraction of sp³-hybridized carbons (Fsp3) is 0.455. The molecule has 0 spiro atoms. The molecule has 0 saturated carbocycles. The predicted octanol–water partition coefficient (Wildman–Crippen LogP) is 2.19. The molecule has 1 unspecified atom stereocenters. The van der Waals surface area contributed by atoms with Gasteiger partial charge in [0.25, 0.3) is 0 Å². The van der Waals surface area contributed by atoms with Crippen molar-refractivity contribution in [3.8, 4) is 0 Å². The Balaban J connectivity index is 1.77. The SMILES string of the molecule is O=S1(=O)CCC(CNc2nc(Cl)nc3sccc23)C1. The van der Waals surface area contributed by atoms with Crippen molar-refractivity contribution >= 4 is 48.8 Å². The Morgan fingerprint density at radius 1 is 1.47 bits per heavy atom. The maximum absolute atomic E-state index is 11.4. The zero-order chi connectivity index (χ0) is 13.5. The van der Waals surface area contributed by atoms with Crippen LogP contribution in [0.2, 0.25) is 5.28 Å². The second-order valence-corrected chi connectivity index (χ2v) is 8.09. The van der Waals surface area contributed by atoms with E-state index >= 15 is 0 Å². The third kappa shape index (κ3) is 2.82. The number of aromatic nitrogens is 2. The molecule has 1 N–H and O–H groups in total. The van der Waals surface area contributed by atoms with Crippen LogP contribution < -0.4 is 5.32 Å². The van der Waals surface area contributed by atoms with Crippen molar-refractivity contribution in [1.29, 1.82) is 0 Å². The molecule has 2 aromatic heterocycles. The van der Waals surface area contributed by atoms with E-state index in [2.05, 4.69) is 15.3 Å². The lowest BCUT2D eigenvalue weighted by atomic mass is 10.1. The van der Waals surface area contributed by atoms with Crippen LogP contribution in [0.25, 0.3) is 10.2 Å². The quantitative estimate of drug-likeness (QED) is 0.879. The number of rotatable bonds is 3. The Labute approximate surface area is 119 Å². The van der Waals surface area contributed by atoms with Gasteiger partial charge >= 0.3 is 0 Å². The molecule has 0 radical (unpaired) electrons. The molecule has 0 aromatic carbocycles. The van der Waals surface area contributed by atoms with E-state index in [0.29, 0.717) is 18.8 Å². The summed E-state index contributed by atoms with van der Waals surface area (Å²) in [5.74, 6) is 1.37. The molecule has 1 aliphatic rings. The van der Waals surface area contributed by atoms with Gasteiger partial charge in [-0.05, 0) is 35.4 Å². The average molecular weight is 318 g/mol. The monoisotopic (exact) mass is 317 g/mol. The van der Waals surface area contributed by atoms with Crippen molar-refractivity contribution in [3.63, 3.8) is 0 Å². The number of halogens is 1. The van der Waals surface area contributed by atoms with Crippen LogP contribution in [0.15, 0.2) is 11.4 Å². The molecular formula is C11H12ClN3O2S2. The van der Waals surface area contributed by atoms with E-state index < -0.39 is 9.84 Å². The van der Waals surface area contributed by atoms with Gasteiger partial charge in [0.15, 0.2) is 9.84 Å². The molecule has 19 heavy (non-hydrogen) atoms. The molecule has 0 bridgehead atoms. The lowest BCUT2D eigenvalue weighted by Gasteiger charge is -2.10. The van der Waals surface area contributed by atoms with Crippen molar-refractivity contribution in [1.82, 2.24) is 9.97 Å². The van der Waals surface area contributed by atoms with Crippen LogP contribution >= 0.6 is 22.9 Å². The molecule has 0 amide bonds. The van der Waals surface area contributed by atoms with Crippen molar-refractivity contribution in [2.24, 2.45) is 5.92 Å². The molecule has 8 heteroatoms. The number of hydrogen-bond acceptors (Lipinski definition) is 6. The van der Waals surface area contributed by atoms with Gasteiger partial charge in [-0.3, -0.25) is 0 Å². The number of anilines is 1. The summed E-state index contributed by atoms with van der Waals surface area (Å²) in [6.45, 7) is 0.595. The molecular weight excluding hydrogens is 306 g/mol. The van der Waals surface area contributed by atoms with Gasteiger partial charge in [0.05, 0.1) is 16.9 Å². The number of fused-ring (bicyclic) bond motifs is 1. The smallest absolute Gasteiger partial charge is 0.225 e. The summed E-state index contributed by atoms with van der Waals surface area (Å²) < 4.78 is 22.8. The summed E-state index contributed by atoms with van der Waals surface area (Å²) in [7, 11) is -2.84. The predicted molar refractivity (Wildman–Crippen MR) is 77.7 cm³/mol. The highest BCUT2D eigenvalue weighted by Crippen LogP contribution is 2.27. The second kappa shape index (κ2) is 4.88. The molecule has 1 saturated heterocycles. The number of nitrogens with one attached hydrogen (secondary N) is 1. The maximum atomic E-state index is 11.4. The van der Waals surface area contributed by atoms with E-state index in [1.165, 1.54) is 11.3 Å². The molecule has 0 aliphatic carbocycles. The third-order valence-corrected chi connectivity index (χ3v) is 6.00. The first-order valence-electron chi connectivity index (χ1n) is 5.88. The topological polar surface area (TPSA) is 72.0 Å². The molecule has 1 aliphatic heterocycles. The van der Waals surface area contributed by atoms with Gasteiger partial charge in [-0.2, -0.15) is 0 Å². The minimum Gasteiger partial charge on any atom is -0.369 e. The Morgan fingerprint density at radius 2 is 2.32 bits per heavy atom. The van der Waals surface area contributed by atoms with Crippen LogP contribution in [0.5, 0.6) is 0 Å². The van der Waals surface area contributed by atoms with Gasteiger partial charge < -0.3 is 5.32 Å². The summed E-state index contributed by atoms with van der Waals surface area (Å²) in [6.07, 6.45) is 0.709. The normalized spacial score (nSPS) is 21.8. The highest BCUT2D eigenvalue weighted by Gasteiger charge is 2.27. The molecule has 3 rings (SSSR count). The van der Waals surface area contributed by atoms with Crippen LogP contribution in [0, 0.1) is 5.92 Å². The van der Waals surface area contributed by atoms with Gasteiger partial charge in [-0.25, -0.2) is 18.4 Å². The lowest BCUT2D eigenvalue weighted by molar-refractivity contribution is 0.596. The van der Waals surface area contributed by atoms with Gasteiger partial charge in [0.2, 0.25) is 5.28 Å². The summed E-state index contributed by atoms with van der Waals surface area (Å²) in [5, 5.41) is 6.26. The number of nitrogens with zero attached hydrogens (tertiary/aromatic N) is 2. The standard InChI is InChI=1S/C11H12ClN3O2S2/c12-11-14-9(8-1-3-18-10(8)15-11)13-5-7-2-4-19(16,17)6-7/h1,3,7H,2,4-6H2,(H,13,14,15). The van der Waals surface area contributed by atoms with Gasteiger partial charge in [-0.1, -0.05) is 0 Å². The molecule has 5 nitrogen and oxygen atoms in total. The largest absolute Gasteiger partial charge is 0.369 e. The number of hydrogen-bond donors (Lipinski definition) is 1. The number of sulfone groups is 1. The van der Waals surface area contributed by atoms with E-state index in [1.54, 1.807) is 0 Å². The molecule has 3 heterocycles. The fourth-order valence-corrected chi connectivity index (χ4v) is 5.08. The molecule has 2 aromatic rings. The minimum absolute atomic E-state index is 0.146. The fourth-order valence-electron chi connectivity index (χ4n) is 2.24. The van der Waals surface area contributed by atoms with Gasteiger partial charge in [0, 0.05) is 6.54 Å². The van der Waals surface area contributed by atoms with E-state index in [0.717, 1.165) is 10.2 Å². The molecule has 102 valence electrons. The van der Waals surface area contributed by atoms with Crippen LogP contribution in [0.3, 0.4) is 0 Å². The van der Waals surface area contributed by atoms with E-state index in [1.807, 2.05) is 11.4 Å². The summed E-state index contributed by atoms with van der Waals surface area (Å²) in [4.78, 5) is 9.14.